The van der Waals surface area contributed by atoms with Gasteiger partial charge in [-0.2, -0.15) is 0 Å². The summed E-state index contributed by atoms with van der Waals surface area (Å²) in [5, 5.41) is 0. The van der Waals surface area contributed by atoms with Crippen LogP contribution in [-0.4, -0.2) is 14.7 Å². The summed E-state index contributed by atoms with van der Waals surface area (Å²) in [5.74, 6) is 0. The molecule has 0 saturated heterocycles. The number of hydrogen-bond acceptors (Lipinski definition) is 0. The third-order valence-corrected chi connectivity index (χ3v) is 8.79. The van der Waals surface area contributed by atoms with Gasteiger partial charge in [0.25, 0.3) is 6.72 Å². The van der Waals surface area contributed by atoms with Crippen LogP contribution in [0.2, 0.25) is 0 Å². The number of hydrogen-bond donors (Lipinski definition) is 3. The molecule has 0 atom stereocenters. The van der Waals surface area contributed by atoms with Gasteiger partial charge in [-0.15, -0.1) is 0 Å². The van der Waals surface area contributed by atoms with Crippen LogP contribution in [0, 0.1) is 0 Å². The molecule has 144 valence electrons. The summed E-state index contributed by atoms with van der Waals surface area (Å²) in [6.07, 6.45) is 0. The van der Waals surface area contributed by atoms with E-state index in [1.807, 2.05) is 48.5 Å². The second kappa shape index (κ2) is 8.43. The van der Waals surface area contributed by atoms with E-state index in [2.05, 4.69) is 41.5 Å². The van der Waals surface area contributed by atoms with E-state index in [4.69, 9.17) is 0 Å². The van der Waals surface area contributed by atoms with Crippen molar-refractivity contribution in [2.45, 2.75) is 62.2 Å². The van der Waals surface area contributed by atoms with Crippen molar-refractivity contribution in [1.82, 2.24) is 0 Å². The van der Waals surface area contributed by atoms with Crippen LogP contribution in [0.25, 0.3) is 0 Å². The van der Waals surface area contributed by atoms with Gasteiger partial charge in [-0.1, -0.05) is 75.9 Å². The fourth-order valence-electron chi connectivity index (χ4n) is 2.59. The second-order valence-corrected chi connectivity index (χ2v) is 13.5. The quantitative estimate of drug-likeness (QED) is 0.424. The van der Waals surface area contributed by atoms with Crippen molar-refractivity contribution in [2.24, 2.45) is 0 Å². The zero-order chi connectivity index (χ0) is 19.0. The molecule has 26 heavy (non-hydrogen) atoms. The van der Waals surface area contributed by atoms with Gasteiger partial charge in [-0.05, 0) is 46.2 Å². The third kappa shape index (κ3) is 5.89. The molecule has 0 amide bonds. The molecule has 6 heteroatoms. The summed E-state index contributed by atoms with van der Waals surface area (Å²) in [5.41, 5.74) is 2.38. The SMILES string of the molecule is CC(C)(C)c1ccc(S(c2ccc(C(C)(C)C)cc2)=P(O)(O)O)cc1.[Mo]. The molecule has 0 aliphatic heterocycles. The predicted octanol–water partition coefficient (Wildman–Crippen LogP) is 4.97. The monoisotopic (exact) mass is 478 g/mol. The van der Waals surface area contributed by atoms with Gasteiger partial charge >= 0.3 is 0 Å². The largest absolute Gasteiger partial charge is 0.328 e. The van der Waals surface area contributed by atoms with Crippen LogP contribution in [0.1, 0.15) is 52.7 Å². The maximum atomic E-state index is 10.1. The Morgan fingerprint density at radius 3 is 1.08 bits per heavy atom. The second-order valence-electron chi connectivity index (χ2n) is 8.35. The van der Waals surface area contributed by atoms with Crippen molar-refractivity contribution in [3.8, 4) is 0 Å². The van der Waals surface area contributed by atoms with Crippen LogP contribution in [0.3, 0.4) is 0 Å². The molecule has 0 aliphatic rings. The van der Waals surface area contributed by atoms with E-state index in [1.54, 1.807) is 0 Å². The molecular weight excluding hydrogens is 447 g/mol. The molecule has 2 rings (SSSR count). The van der Waals surface area contributed by atoms with Crippen molar-refractivity contribution in [1.29, 1.82) is 0 Å². The molecule has 0 saturated carbocycles. The van der Waals surface area contributed by atoms with E-state index >= 15 is 0 Å². The Morgan fingerprint density at radius 1 is 0.615 bits per heavy atom. The predicted molar refractivity (Wildman–Crippen MR) is 108 cm³/mol. The summed E-state index contributed by atoms with van der Waals surface area (Å²) < 4.78 is 0. The normalized spacial score (nSPS) is 12.8. The molecule has 0 radical (unpaired) electrons. The molecule has 2 aromatic carbocycles. The summed E-state index contributed by atoms with van der Waals surface area (Å²) in [7, 11) is -1.16. The molecular formula is C20H29MoO3PS. The molecule has 0 heterocycles. The maximum Gasteiger partial charge on any atom is 0.286 e. The Morgan fingerprint density at radius 2 is 0.885 bits per heavy atom. The first kappa shape index (κ1) is 23.8. The topological polar surface area (TPSA) is 60.7 Å². The van der Waals surface area contributed by atoms with Crippen molar-refractivity contribution < 1.29 is 35.7 Å². The van der Waals surface area contributed by atoms with Gasteiger partial charge in [0.15, 0.2) is 0 Å². The van der Waals surface area contributed by atoms with Gasteiger partial charge in [0.05, 0.1) is 0 Å². The van der Waals surface area contributed by atoms with Crippen molar-refractivity contribution in [3.05, 3.63) is 59.7 Å². The molecule has 0 aromatic heterocycles. The van der Waals surface area contributed by atoms with Crippen LogP contribution in [0.5, 0.6) is 0 Å². The fraction of sp³-hybridized carbons (Fsp3) is 0.400. The van der Waals surface area contributed by atoms with Crippen LogP contribution in [0.15, 0.2) is 58.3 Å². The molecule has 0 bridgehead atoms. The Hall–Kier alpha value is -0.212. The summed E-state index contributed by atoms with van der Waals surface area (Å²) in [6, 6.07) is 15.5. The van der Waals surface area contributed by atoms with Crippen LogP contribution in [0.4, 0.5) is 0 Å². The molecule has 2 aromatic rings. The summed E-state index contributed by atoms with van der Waals surface area (Å²) >= 11 is 0. The van der Waals surface area contributed by atoms with Gasteiger partial charge < -0.3 is 14.7 Å². The first-order valence-electron chi connectivity index (χ1n) is 8.33. The molecule has 0 unspecified atom stereocenters. The summed E-state index contributed by atoms with van der Waals surface area (Å²) in [6.45, 7) is 8.75. The van der Waals surface area contributed by atoms with Crippen molar-refractivity contribution in [2.75, 3.05) is 0 Å². The van der Waals surface area contributed by atoms with E-state index in [0.717, 1.165) is 9.79 Å². The zero-order valence-corrected chi connectivity index (χ0v) is 19.9. The Bertz CT molecular complexity index is 727. The zero-order valence-electron chi connectivity index (χ0n) is 16.2. The smallest absolute Gasteiger partial charge is 0.286 e. The van der Waals surface area contributed by atoms with E-state index in [9.17, 15) is 14.7 Å². The van der Waals surface area contributed by atoms with E-state index in [-0.39, 0.29) is 31.9 Å². The van der Waals surface area contributed by atoms with Gasteiger partial charge in [0.1, 0.15) is 0 Å². The molecule has 3 N–H and O–H groups in total. The molecule has 0 spiro atoms. The standard InChI is InChI=1S/C20H29O3PS.Mo/c1-19(2,3)15-7-11-17(12-8-15)25(24(21,22)23)18-13-9-16(10-14-18)20(4,5)6;/h7-14,21-23H,1-6H3;. The Kier molecular flexibility index (Phi) is 7.73. The van der Waals surface area contributed by atoms with Crippen LogP contribution in [-0.2, 0) is 42.0 Å². The van der Waals surface area contributed by atoms with Crippen LogP contribution >= 0.6 is 6.72 Å². The third-order valence-electron chi connectivity index (χ3n) is 4.13. The van der Waals surface area contributed by atoms with Gasteiger partial charge in [-0.25, -0.2) is 0 Å². The number of rotatable bonds is 2. The van der Waals surface area contributed by atoms with Gasteiger partial charge in [-0.3, -0.25) is 0 Å². The molecule has 0 fully saturated rings. The van der Waals surface area contributed by atoms with Gasteiger partial charge in [0.2, 0.25) is 0 Å². The van der Waals surface area contributed by atoms with Crippen LogP contribution < -0.4 is 0 Å². The summed E-state index contributed by atoms with van der Waals surface area (Å²) in [4.78, 5) is 31.7. The van der Waals surface area contributed by atoms with E-state index < -0.39 is 16.8 Å². The average molecular weight is 476 g/mol. The molecule has 0 aliphatic carbocycles. The van der Waals surface area contributed by atoms with Crippen molar-refractivity contribution >= 4 is 16.8 Å². The fourth-order valence-corrected chi connectivity index (χ4v) is 6.64. The minimum Gasteiger partial charge on any atom is -0.328 e. The van der Waals surface area contributed by atoms with Gasteiger partial charge in [0, 0.05) is 30.9 Å². The maximum absolute atomic E-state index is 10.1. The minimum absolute atomic E-state index is 0. The van der Waals surface area contributed by atoms with E-state index in [1.165, 1.54) is 11.1 Å². The first-order chi connectivity index (χ1) is 11.3. The minimum atomic E-state index is -4.05. The van der Waals surface area contributed by atoms with E-state index in [0.29, 0.717) is 0 Å². The average Bonchev–Trinajstić information content (AvgIpc) is 2.45. The molecule has 3 nitrogen and oxygen atoms in total. The van der Waals surface area contributed by atoms with Crippen molar-refractivity contribution in [3.63, 3.8) is 0 Å². The number of benzene rings is 2. The Balaban J connectivity index is 0.00000338. The Labute approximate surface area is 173 Å². The first-order valence-corrected chi connectivity index (χ1v) is 11.8.